The molecule has 0 atom stereocenters. The zero-order valence-electron chi connectivity index (χ0n) is 7.07. The average Bonchev–Trinajstić information content (AvgIpc) is 2.53. The Morgan fingerprint density at radius 2 is 2.00 bits per heavy atom. The van der Waals surface area contributed by atoms with Gasteiger partial charge in [-0.2, -0.15) is 4.98 Å². The van der Waals surface area contributed by atoms with E-state index in [1.54, 1.807) is 18.2 Å². The summed E-state index contributed by atoms with van der Waals surface area (Å²) in [5.41, 5.74) is 5.66. The summed E-state index contributed by atoms with van der Waals surface area (Å²) >= 11 is 0. The smallest absolute Gasteiger partial charge is 0.239 e. The second kappa shape index (κ2) is 4.06. The first-order valence-corrected chi connectivity index (χ1v) is 3.70. The number of aromatic amines is 1. The van der Waals surface area contributed by atoms with Gasteiger partial charge in [0.25, 0.3) is 0 Å². The third kappa shape index (κ3) is 1.82. The molecule has 1 heterocycles. The van der Waals surface area contributed by atoms with Gasteiger partial charge in [0.15, 0.2) is 5.82 Å². The van der Waals surface area contributed by atoms with Crippen molar-refractivity contribution in [2.24, 2.45) is 0 Å². The van der Waals surface area contributed by atoms with E-state index in [0.717, 1.165) is 0 Å². The molecule has 0 saturated carbocycles. The maximum Gasteiger partial charge on any atom is 0.239 e. The van der Waals surface area contributed by atoms with E-state index in [1.807, 2.05) is 0 Å². The molecule has 74 valence electrons. The van der Waals surface area contributed by atoms with Crippen molar-refractivity contribution in [3.05, 3.63) is 30.1 Å². The maximum absolute atomic E-state index is 13.2. The molecule has 0 fully saturated rings. The molecule has 0 unspecified atom stereocenters. The van der Waals surface area contributed by atoms with Crippen molar-refractivity contribution < 1.29 is 4.39 Å². The topological polar surface area (TPSA) is 67.6 Å². The second-order valence-electron chi connectivity index (χ2n) is 2.52. The summed E-state index contributed by atoms with van der Waals surface area (Å²) in [5.74, 6) is 0.104. The van der Waals surface area contributed by atoms with Crippen LogP contribution in [-0.4, -0.2) is 15.2 Å². The van der Waals surface area contributed by atoms with E-state index in [9.17, 15) is 4.39 Å². The number of hydrogen-bond acceptors (Lipinski definition) is 3. The predicted octanol–water partition coefficient (Wildman–Crippen LogP) is 1.61. The third-order valence-corrected chi connectivity index (χ3v) is 1.63. The molecule has 0 saturated heterocycles. The second-order valence-corrected chi connectivity index (χ2v) is 2.52. The highest BCUT2D eigenvalue weighted by molar-refractivity contribution is 5.85. The van der Waals surface area contributed by atoms with Crippen molar-refractivity contribution in [3.8, 4) is 11.4 Å². The van der Waals surface area contributed by atoms with Crippen molar-refractivity contribution >= 4 is 18.4 Å². The summed E-state index contributed by atoms with van der Waals surface area (Å²) in [7, 11) is 0. The number of aromatic nitrogens is 3. The Morgan fingerprint density at radius 1 is 1.29 bits per heavy atom. The Bertz CT molecular complexity index is 429. The molecule has 0 amide bonds. The molecule has 0 aliphatic rings. The van der Waals surface area contributed by atoms with Gasteiger partial charge in [0.2, 0.25) is 5.95 Å². The van der Waals surface area contributed by atoms with Crippen LogP contribution in [0.1, 0.15) is 0 Å². The monoisotopic (exact) mass is 214 g/mol. The number of anilines is 1. The van der Waals surface area contributed by atoms with E-state index in [-0.39, 0.29) is 24.2 Å². The molecule has 2 rings (SSSR count). The first kappa shape index (κ1) is 10.5. The van der Waals surface area contributed by atoms with Crippen LogP contribution in [0.3, 0.4) is 0 Å². The predicted molar refractivity (Wildman–Crippen MR) is 53.4 cm³/mol. The SMILES string of the molecule is Cl.Nc1n[nH]c(-c2ccccc2F)n1. The van der Waals surface area contributed by atoms with Gasteiger partial charge < -0.3 is 5.73 Å². The Kier molecular flexibility index (Phi) is 3.03. The zero-order chi connectivity index (χ0) is 9.26. The van der Waals surface area contributed by atoms with Crippen LogP contribution >= 0.6 is 12.4 Å². The van der Waals surface area contributed by atoms with Crippen LogP contribution in [0.2, 0.25) is 0 Å². The van der Waals surface area contributed by atoms with E-state index in [4.69, 9.17) is 5.73 Å². The Balaban J connectivity index is 0.000000980. The van der Waals surface area contributed by atoms with Gasteiger partial charge in [-0.05, 0) is 12.1 Å². The van der Waals surface area contributed by atoms with Crippen molar-refractivity contribution in [3.63, 3.8) is 0 Å². The van der Waals surface area contributed by atoms with Crippen LogP contribution < -0.4 is 5.73 Å². The first-order chi connectivity index (χ1) is 6.27. The highest BCUT2D eigenvalue weighted by Crippen LogP contribution is 2.18. The average molecular weight is 215 g/mol. The number of nitrogens with one attached hydrogen (secondary N) is 1. The number of H-pyrrole nitrogens is 1. The highest BCUT2D eigenvalue weighted by atomic mass is 35.5. The standard InChI is InChI=1S/C8H7FN4.ClH/c9-6-4-2-1-3-5(6)7-11-8(10)13-12-7;/h1-4H,(H3,10,11,12,13);1H. The summed E-state index contributed by atoms with van der Waals surface area (Å²) in [4.78, 5) is 3.81. The molecular weight excluding hydrogens is 207 g/mol. The lowest BCUT2D eigenvalue weighted by Crippen LogP contribution is -1.87. The number of nitrogens with zero attached hydrogens (tertiary/aromatic N) is 2. The van der Waals surface area contributed by atoms with Gasteiger partial charge in [-0.15, -0.1) is 17.5 Å². The van der Waals surface area contributed by atoms with Crippen molar-refractivity contribution in [2.75, 3.05) is 5.73 Å². The minimum atomic E-state index is -0.348. The summed E-state index contributed by atoms with van der Waals surface area (Å²) in [6.07, 6.45) is 0. The van der Waals surface area contributed by atoms with E-state index in [1.165, 1.54) is 6.07 Å². The molecule has 1 aromatic carbocycles. The van der Waals surface area contributed by atoms with Crippen LogP contribution in [0.25, 0.3) is 11.4 Å². The van der Waals surface area contributed by atoms with Crippen LogP contribution in [0.5, 0.6) is 0 Å². The highest BCUT2D eigenvalue weighted by Gasteiger charge is 2.07. The van der Waals surface area contributed by atoms with E-state index in [0.29, 0.717) is 11.4 Å². The molecule has 1 aromatic heterocycles. The minimum absolute atomic E-state index is 0. The van der Waals surface area contributed by atoms with Gasteiger partial charge in [-0.25, -0.2) is 4.39 Å². The molecule has 14 heavy (non-hydrogen) atoms. The summed E-state index contributed by atoms with van der Waals surface area (Å²) in [6.45, 7) is 0. The number of nitrogens with two attached hydrogens (primary N) is 1. The normalized spacial score (nSPS) is 9.50. The van der Waals surface area contributed by atoms with Crippen molar-refractivity contribution in [1.29, 1.82) is 0 Å². The molecule has 0 spiro atoms. The lowest BCUT2D eigenvalue weighted by atomic mass is 10.2. The van der Waals surface area contributed by atoms with Crippen molar-refractivity contribution in [2.45, 2.75) is 0 Å². The summed E-state index contributed by atoms with van der Waals surface area (Å²) in [6, 6.07) is 6.29. The summed E-state index contributed by atoms with van der Waals surface area (Å²) in [5, 5.41) is 6.15. The Morgan fingerprint density at radius 3 is 2.57 bits per heavy atom. The number of halogens is 2. The number of rotatable bonds is 1. The lowest BCUT2D eigenvalue weighted by Gasteiger charge is -1.95. The van der Waals surface area contributed by atoms with Gasteiger partial charge in [0, 0.05) is 0 Å². The Labute approximate surface area is 85.8 Å². The van der Waals surface area contributed by atoms with Crippen LogP contribution in [0.15, 0.2) is 24.3 Å². The van der Waals surface area contributed by atoms with Gasteiger partial charge in [-0.1, -0.05) is 12.1 Å². The van der Waals surface area contributed by atoms with Gasteiger partial charge in [0.05, 0.1) is 5.56 Å². The van der Waals surface area contributed by atoms with Crippen LogP contribution in [0.4, 0.5) is 10.3 Å². The fraction of sp³-hybridized carbons (Fsp3) is 0. The molecule has 6 heteroatoms. The van der Waals surface area contributed by atoms with Crippen LogP contribution in [0, 0.1) is 5.82 Å². The van der Waals surface area contributed by atoms with Gasteiger partial charge in [0.1, 0.15) is 5.82 Å². The minimum Gasteiger partial charge on any atom is -0.366 e. The fourth-order valence-corrected chi connectivity index (χ4v) is 1.05. The van der Waals surface area contributed by atoms with E-state index >= 15 is 0 Å². The number of nitrogen functional groups attached to an aromatic ring is 1. The largest absolute Gasteiger partial charge is 0.366 e. The summed E-state index contributed by atoms with van der Waals surface area (Å²) < 4.78 is 13.2. The third-order valence-electron chi connectivity index (χ3n) is 1.63. The molecule has 0 aliphatic heterocycles. The quantitative estimate of drug-likeness (QED) is 0.758. The molecule has 0 radical (unpaired) electrons. The molecule has 0 aliphatic carbocycles. The molecular formula is C8H8ClFN4. The van der Waals surface area contributed by atoms with Gasteiger partial charge in [-0.3, -0.25) is 5.10 Å². The Hall–Kier alpha value is -1.62. The molecule has 0 bridgehead atoms. The number of hydrogen-bond donors (Lipinski definition) is 2. The zero-order valence-corrected chi connectivity index (χ0v) is 7.88. The van der Waals surface area contributed by atoms with E-state index in [2.05, 4.69) is 15.2 Å². The van der Waals surface area contributed by atoms with Gasteiger partial charge >= 0.3 is 0 Å². The first-order valence-electron chi connectivity index (χ1n) is 3.70. The maximum atomic E-state index is 13.2. The fourth-order valence-electron chi connectivity index (χ4n) is 1.05. The molecule has 3 N–H and O–H groups in total. The molecule has 2 aromatic rings. The lowest BCUT2D eigenvalue weighted by molar-refractivity contribution is 0.630. The number of benzene rings is 1. The molecule has 4 nitrogen and oxygen atoms in total. The van der Waals surface area contributed by atoms with Crippen LogP contribution in [-0.2, 0) is 0 Å². The van der Waals surface area contributed by atoms with E-state index < -0.39 is 0 Å². The van der Waals surface area contributed by atoms with Crippen molar-refractivity contribution in [1.82, 2.24) is 15.2 Å².